The SMILES string of the molecule is CC(C)c1ccc(C(N)CNS(=O)(=O)c2ccc(CN(C)C)cc2)cc1. The lowest BCUT2D eigenvalue weighted by Gasteiger charge is -2.15. The molecule has 0 saturated carbocycles. The van der Waals surface area contributed by atoms with Gasteiger partial charge in [-0.15, -0.1) is 0 Å². The molecule has 0 radical (unpaired) electrons. The summed E-state index contributed by atoms with van der Waals surface area (Å²) in [5.74, 6) is 0.453. The smallest absolute Gasteiger partial charge is 0.240 e. The fourth-order valence-corrected chi connectivity index (χ4v) is 3.73. The van der Waals surface area contributed by atoms with Crippen LogP contribution in [0.25, 0.3) is 0 Å². The van der Waals surface area contributed by atoms with E-state index in [1.54, 1.807) is 12.1 Å². The van der Waals surface area contributed by atoms with E-state index in [9.17, 15) is 8.42 Å². The largest absolute Gasteiger partial charge is 0.323 e. The number of nitrogens with two attached hydrogens (primary N) is 1. The average molecular weight is 376 g/mol. The van der Waals surface area contributed by atoms with Crippen LogP contribution in [0.15, 0.2) is 53.4 Å². The predicted molar refractivity (Wildman–Crippen MR) is 106 cm³/mol. The normalized spacial score (nSPS) is 13.3. The molecule has 3 N–H and O–H groups in total. The molecule has 2 aromatic carbocycles. The van der Waals surface area contributed by atoms with E-state index in [2.05, 4.69) is 18.6 Å². The molecule has 0 saturated heterocycles. The molecule has 6 heteroatoms. The number of hydrogen-bond donors (Lipinski definition) is 2. The Morgan fingerprint density at radius 1 is 0.962 bits per heavy atom. The lowest BCUT2D eigenvalue weighted by atomic mass is 9.99. The Kier molecular flexibility index (Phi) is 6.94. The van der Waals surface area contributed by atoms with Crippen LogP contribution in [-0.4, -0.2) is 34.0 Å². The van der Waals surface area contributed by atoms with Gasteiger partial charge in [-0.1, -0.05) is 50.2 Å². The monoisotopic (exact) mass is 375 g/mol. The van der Waals surface area contributed by atoms with E-state index < -0.39 is 10.0 Å². The Balaban J connectivity index is 2.00. The molecular formula is C20H29N3O2S. The van der Waals surface area contributed by atoms with Crippen molar-refractivity contribution < 1.29 is 8.42 Å². The van der Waals surface area contributed by atoms with Crippen LogP contribution < -0.4 is 10.5 Å². The minimum Gasteiger partial charge on any atom is -0.323 e. The fourth-order valence-electron chi connectivity index (χ4n) is 2.67. The number of rotatable bonds is 8. The lowest BCUT2D eigenvalue weighted by molar-refractivity contribution is 0.402. The second-order valence-electron chi connectivity index (χ2n) is 7.16. The van der Waals surface area contributed by atoms with Crippen molar-refractivity contribution in [3.8, 4) is 0 Å². The molecule has 1 atom stereocenters. The third kappa shape index (κ3) is 5.64. The maximum Gasteiger partial charge on any atom is 0.240 e. The zero-order chi connectivity index (χ0) is 19.3. The molecule has 142 valence electrons. The van der Waals surface area contributed by atoms with Crippen molar-refractivity contribution in [3.05, 3.63) is 65.2 Å². The van der Waals surface area contributed by atoms with Crippen molar-refractivity contribution >= 4 is 10.0 Å². The summed E-state index contributed by atoms with van der Waals surface area (Å²) in [6.07, 6.45) is 0. The molecular weight excluding hydrogens is 346 g/mol. The standard InChI is InChI=1S/C20H29N3O2S/c1-15(2)17-7-9-18(10-8-17)20(21)13-22-26(24,25)19-11-5-16(6-12-19)14-23(3)4/h5-12,15,20,22H,13-14,21H2,1-4H3. The number of nitrogens with one attached hydrogen (secondary N) is 1. The zero-order valence-electron chi connectivity index (χ0n) is 15.9. The van der Waals surface area contributed by atoms with E-state index in [1.165, 1.54) is 5.56 Å². The van der Waals surface area contributed by atoms with Crippen LogP contribution in [0, 0.1) is 0 Å². The summed E-state index contributed by atoms with van der Waals surface area (Å²) in [5.41, 5.74) is 9.37. The topological polar surface area (TPSA) is 75.4 Å². The number of nitrogens with zero attached hydrogens (tertiary/aromatic N) is 1. The Labute approximate surface area is 157 Å². The summed E-state index contributed by atoms with van der Waals surface area (Å²) in [5, 5.41) is 0. The second kappa shape index (κ2) is 8.77. The molecule has 0 aromatic heterocycles. The first-order valence-corrected chi connectivity index (χ1v) is 10.3. The van der Waals surface area contributed by atoms with Gasteiger partial charge in [0.05, 0.1) is 4.90 Å². The van der Waals surface area contributed by atoms with Crippen LogP contribution in [0.2, 0.25) is 0 Å². The first-order chi connectivity index (χ1) is 12.2. The highest BCUT2D eigenvalue weighted by Crippen LogP contribution is 2.18. The van der Waals surface area contributed by atoms with Gasteiger partial charge >= 0.3 is 0 Å². The number of benzene rings is 2. The maximum atomic E-state index is 12.5. The van der Waals surface area contributed by atoms with E-state index in [0.29, 0.717) is 5.92 Å². The van der Waals surface area contributed by atoms with Gasteiger partial charge in [-0.05, 0) is 48.8 Å². The van der Waals surface area contributed by atoms with E-state index in [4.69, 9.17) is 5.73 Å². The molecule has 0 bridgehead atoms. The molecule has 0 aliphatic rings. The summed E-state index contributed by atoms with van der Waals surface area (Å²) in [6.45, 7) is 5.19. The van der Waals surface area contributed by atoms with Crippen molar-refractivity contribution in [1.29, 1.82) is 0 Å². The molecule has 0 amide bonds. The van der Waals surface area contributed by atoms with Crippen molar-refractivity contribution in [2.24, 2.45) is 5.73 Å². The van der Waals surface area contributed by atoms with Crippen LogP contribution in [0.3, 0.4) is 0 Å². The first-order valence-electron chi connectivity index (χ1n) is 8.78. The quantitative estimate of drug-likeness (QED) is 0.744. The molecule has 1 unspecified atom stereocenters. The summed E-state index contributed by atoms with van der Waals surface area (Å²) in [6, 6.07) is 14.5. The maximum absolute atomic E-state index is 12.5. The van der Waals surface area contributed by atoms with Crippen molar-refractivity contribution in [1.82, 2.24) is 9.62 Å². The lowest BCUT2D eigenvalue weighted by Crippen LogP contribution is -2.32. The third-order valence-electron chi connectivity index (χ3n) is 4.26. The highest BCUT2D eigenvalue weighted by Gasteiger charge is 2.16. The Bertz CT molecular complexity index is 798. The molecule has 2 aromatic rings. The molecule has 0 aliphatic carbocycles. The van der Waals surface area contributed by atoms with Gasteiger partial charge in [0.15, 0.2) is 0 Å². The first kappa shape index (κ1) is 20.6. The molecule has 0 spiro atoms. The second-order valence-corrected chi connectivity index (χ2v) is 8.93. The summed E-state index contributed by atoms with van der Waals surface area (Å²) in [4.78, 5) is 2.29. The molecule has 0 fully saturated rings. The van der Waals surface area contributed by atoms with Crippen LogP contribution in [0.5, 0.6) is 0 Å². The van der Waals surface area contributed by atoms with Crippen molar-refractivity contribution in [3.63, 3.8) is 0 Å². The van der Waals surface area contributed by atoms with Crippen LogP contribution in [0.1, 0.15) is 42.5 Å². The minimum absolute atomic E-state index is 0.156. The van der Waals surface area contributed by atoms with Gasteiger partial charge < -0.3 is 10.6 Å². The van der Waals surface area contributed by atoms with E-state index in [0.717, 1.165) is 17.7 Å². The summed E-state index contributed by atoms with van der Waals surface area (Å²) < 4.78 is 27.5. The molecule has 5 nitrogen and oxygen atoms in total. The third-order valence-corrected chi connectivity index (χ3v) is 5.70. The van der Waals surface area contributed by atoms with E-state index in [1.807, 2.05) is 55.4 Å². The average Bonchev–Trinajstić information content (AvgIpc) is 2.60. The summed E-state index contributed by atoms with van der Waals surface area (Å²) in [7, 11) is 0.373. The Morgan fingerprint density at radius 3 is 2.00 bits per heavy atom. The van der Waals surface area contributed by atoms with Gasteiger partial charge in [0.25, 0.3) is 0 Å². The number of hydrogen-bond acceptors (Lipinski definition) is 4. The molecule has 26 heavy (non-hydrogen) atoms. The highest BCUT2D eigenvalue weighted by molar-refractivity contribution is 7.89. The van der Waals surface area contributed by atoms with Gasteiger partial charge in [0, 0.05) is 19.1 Å². The van der Waals surface area contributed by atoms with Crippen LogP contribution in [0.4, 0.5) is 0 Å². The van der Waals surface area contributed by atoms with Gasteiger partial charge in [-0.2, -0.15) is 0 Å². The van der Waals surface area contributed by atoms with Gasteiger partial charge in [-0.25, -0.2) is 13.1 Å². The van der Waals surface area contributed by atoms with E-state index >= 15 is 0 Å². The molecule has 0 aliphatic heterocycles. The molecule has 0 heterocycles. The van der Waals surface area contributed by atoms with Crippen LogP contribution >= 0.6 is 0 Å². The van der Waals surface area contributed by atoms with Crippen molar-refractivity contribution in [2.75, 3.05) is 20.6 Å². The zero-order valence-corrected chi connectivity index (χ0v) is 16.8. The minimum atomic E-state index is -3.57. The Hall–Kier alpha value is -1.73. The molecule has 2 rings (SSSR count). The summed E-state index contributed by atoms with van der Waals surface area (Å²) >= 11 is 0. The van der Waals surface area contributed by atoms with E-state index in [-0.39, 0.29) is 17.5 Å². The van der Waals surface area contributed by atoms with Crippen molar-refractivity contribution in [2.45, 2.75) is 37.2 Å². The van der Waals surface area contributed by atoms with Gasteiger partial charge in [0.1, 0.15) is 0 Å². The predicted octanol–water partition coefficient (Wildman–Crippen LogP) is 2.85. The van der Waals surface area contributed by atoms with Crippen LogP contribution in [-0.2, 0) is 16.6 Å². The highest BCUT2D eigenvalue weighted by atomic mass is 32.2. The van der Waals surface area contributed by atoms with Gasteiger partial charge in [0.2, 0.25) is 10.0 Å². The fraction of sp³-hybridized carbons (Fsp3) is 0.400. The number of sulfonamides is 1. The Morgan fingerprint density at radius 2 is 1.50 bits per heavy atom. The van der Waals surface area contributed by atoms with Gasteiger partial charge in [-0.3, -0.25) is 0 Å².